The van der Waals surface area contributed by atoms with Crippen LogP contribution in [0.1, 0.15) is 50.4 Å². The second-order valence-electron chi connectivity index (χ2n) is 10.4. The first-order chi connectivity index (χ1) is 21.2. The Labute approximate surface area is 264 Å². The predicted molar refractivity (Wildman–Crippen MR) is 171 cm³/mol. The zero-order chi connectivity index (χ0) is 31.4. The summed E-state index contributed by atoms with van der Waals surface area (Å²) in [4.78, 5) is 32.4. The number of ether oxygens (including phenoxy) is 4. The second-order valence-corrected chi connectivity index (χ2v) is 11.8. The van der Waals surface area contributed by atoms with Gasteiger partial charge in [-0.15, -0.1) is 0 Å². The van der Waals surface area contributed by atoms with Gasteiger partial charge in [0.15, 0.2) is 16.3 Å². The topological polar surface area (TPSA) is 88.4 Å². The molecule has 0 amide bonds. The molecule has 0 N–H and O–H groups in total. The number of nitrogens with zero attached hydrogens (tertiary/aromatic N) is 2. The van der Waals surface area contributed by atoms with E-state index in [9.17, 15) is 9.59 Å². The van der Waals surface area contributed by atoms with E-state index < -0.39 is 12.0 Å². The summed E-state index contributed by atoms with van der Waals surface area (Å²) in [5, 5.41) is 0.658. The van der Waals surface area contributed by atoms with Gasteiger partial charge in [-0.3, -0.25) is 9.36 Å². The van der Waals surface area contributed by atoms with Crippen molar-refractivity contribution in [1.29, 1.82) is 0 Å². The minimum atomic E-state index is -0.767. The SMILES string of the molecule is CCOC(=O)C1=C(C)N=c2s/c(=C/c3ccc(OCc4cccc(Cl)c4)cc3)c(=O)n2[C@@H]1c1ccc(OC(C)C)c(OC)c1. The molecule has 0 unspecified atom stereocenters. The Hall–Kier alpha value is -4.34. The van der Waals surface area contributed by atoms with E-state index in [4.69, 9.17) is 30.5 Å². The molecule has 1 aromatic heterocycles. The fourth-order valence-electron chi connectivity index (χ4n) is 4.92. The molecule has 1 atom stereocenters. The molecule has 0 radical (unpaired) electrons. The van der Waals surface area contributed by atoms with Crippen LogP contribution in [0.3, 0.4) is 0 Å². The highest BCUT2D eigenvalue weighted by atomic mass is 35.5. The van der Waals surface area contributed by atoms with E-state index in [-0.39, 0.29) is 18.3 Å². The normalized spacial score (nSPS) is 14.7. The summed E-state index contributed by atoms with van der Waals surface area (Å²) in [6, 6.07) is 19.6. The molecule has 1 aliphatic heterocycles. The fraction of sp³-hybridized carbons (Fsp3) is 0.265. The lowest BCUT2D eigenvalue weighted by molar-refractivity contribution is -0.139. The molecule has 1 aliphatic rings. The fourth-order valence-corrected chi connectivity index (χ4v) is 6.18. The van der Waals surface area contributed by atoms with Crippen LogP contribution in [0.2, 0.25) is 5.02 Å². The number of allylic oxidation sites excluding steroid dienone is 1. The maximum atomic E-state index is 14.0. The summed E-state index contributed by atoms with van der Waals surface area (Å²) in [5.41, 5.74) is 2.98. The number of carbonyl (C=O) groups is 1. The number of carbonyl (C=O) groups excluding carboxylic acids is 1. The first-order valence-electron chi connectivity index (χ1n) is 14.2. The van der Waals surface area contributed by atoms with Gasteiger partial charge >= 0.3 is 5.97 Å². The first kappa shape index (κ1) is 31.1. The average molecular weight is 633 g/mol. The maximum Gasteiger partial charge on any atom is 0.338 e. The molecular formula is C34H33ClN2O6S. The van der Waals surface area contributed by atoms with Gasteiger partial charge in [-0.2, -0.15) is 0 Å². The lowest BCUT2D eigenvalue weighted by Crippen LogP contribution is -2.40. The Morgan fingerprint density at radius 1 is 1.09 bits per heavy atom. The van der Waals surface area contributed by atoms with Gasteiger partial charge in [-0.1, -0.05) is 53.3 Å². The van der Waals surface area contributed by atoms with Crippen molar-refractivity contribution >= 4 is 35.0 Å². The van der Waals surface area contributed by atoms with E-state index in [2.05, 4.69) is 4.99 Å². The second kappa shape index (κ2) is 13.5. The van der Waals surface area contributed by atoms with Gasteiger partial charge in [-0.05, 0) is 86.9 Å². The van der Waals surface area contributed by atoms with Crippen molar-refractivity contribution in [3.05, 3.63) is 119 Å². The van der Waals surface area contributed by atoms with Crippen LogP contribution in [-0.4, -0.2) is 30.4 Å². The van der Waals surface area contributed by atoms with Crippen molar-refractivity contribution in [3.8, 4) is 17.2 Å². The summed E-state index contributed by atoms with van der Waals surface area (Å²) in [6.45, 7) is 7.93. The van der Waals surface area contributed by atoms with Crippen LogP contribution in [0, 0.1) is 0 Å². The highest BCUT2D eigenvalue weighted by molar-refractivity contribution is 7.07. The molecule has 0 saturated carbocycles. The maximum absolute atomic E-state index is 14.0. The van der Waals surface area contributed by atoms with E-state index in [0.29, 0.717) is 55.0 Å². The molecule has 3 aromatic carbocycles. The largest absolute Gasteiger partial charge is 0.493 e. The molecule has 0 bridgehead atoms. The molecule has 0 spiro atoms. The number of rotatable bonds is 10. The molecule has 228 valence electrons. The minimum absolute atomic E-state index is 0.0618. The number of halogens is 1. The summed E-state index contributed by atoms with van der Waals surface area (Å²) in [7, 11) is 1.55. The Kier molecular flexibility index (Phi) is 9.56. The van der Waals surface area contributed by atoms with Crippen LogP contribution < -0.4 is 29.1 Å². The van der Waals surface area contributed by atoms with Crippen LogP contribution >= 0.6 is 22.9 Å². The summed E-state index contributed by atoms with van der Waals surface area (Å²) >= 11 is 7.33. The third-order valence-corrected chi connectivity index (χ3v) is 8.07. The smallest absolute Gasteiger partial charge is 0.338 e. The highest BCUT2D eigenvalue weighted by Gasteiger charge is 2.34. The van der Waals surface area contributed by atoms with Crippen LogP contribution in [0.15, 0.2) is 87.8 Å². The van der Waals surface area contributed by atoms with Gasteiger partial charge in [0, 0.05) is 5.02 Å². The van der Waals surface area contributed by atoms with Crippen LogP contribution in [-0.2, 0) is 16.1 Å². The summed E-state index contributed by atoms with van der Waals surface area (Å²) in [6.07, 6.45) is 1.75. The first-order valence-corrected chi connectivity index (χ1v) is 15.4. The lowest BCUT2D eigenvalue weighted by atomic mass is 9.95. The number of hydrogen-bond donors (Lipinski definition) is 0. The Balaban J connectivity index is 1.52. The van der Waals surface area contributed by atoms with Crippen molar-refractivity contribution in [2.75, 3.05) is 13.7 Å². The molecule has 44 heavy (non-hydrogen) atoms. The van der Waals surface area contributed by atoms with Gasteiger partial charge in [0.25, 0.3) is 5.56 Å². The minimum Gasteiger partial charge on any atom is -0.493 e. The molecule has 8 nitrogen and oxygen atoms in total. The molecule has 10 heteroatoms. The van der Waals surface area contributed by atoms with Gasteiger partial charge in [0.1, 0.15) is 12.4 Å². The zero-order valence-electron chi connectivity index (χ0n) is 25.1. The Morgan fingerprint density at radius 2 is 1.86 bits per heavy atom. The third-order valence-electron chi connectivity index (χ3n) is 6.86. The number of hydrogen-bond acceptors (Lipinski definition) is 8. The monoisotopic (exact) mass is 632 g/mol. The number of aromatic nitrogens is 1. The molecule has 0 saturated heterocycles. The molecule has 4 aromatic rings. The lowest BCUT2D eigenvalue weighted by Gasteiger charge is -2.25. The van der Waals surface area contributed by atoms with Gasteiger partial charge in [0.05, 0.1) is 41.7 Å². The van der Waals surface area contributed by atoms with Crippen LogP contribution in [0.25, 0.3) is 6.08 Å². The molecule has 5 rings (SSSR count). The predicted octanol–water partition coefficient (Wildman–Crippen LogP) is 5.83. The van der Waals surface area contributed by atoms with Crippen molar-refractivity contribution < 1.29 is 23.7 Å². The van der Waals surface area contributed by atoms with Crippen molar-refractivity contribution in [1.82, 2.24) is 4.57 Å². The van der Waals surface area contributed by atoms with Gasteiger partial charge in [-0.25, -0.2) is 9.79 Å². The summed E-state index contributed by atoms with van der Waals surface area (Å²) < 4.78 is 24.9. The molecular weight excluding hydrogens is 600 g/mol. The van der Waals surface area contributed by atoms with Crippen molar-refractivity contribution in [2.24, 2.45) is 4.99 Å². The molecule has 2 heterocycles. The number of thiazole rings is 1. The van der Waals surface area contributed by atoms with Crippen molar-refractivity contribution in [3.63, 3.8) is 0 Å². The van der Waals surface area contributed by atoms with Crippen LogP contribution in [0.4, 0.5) is 0 Å². The van der Waals surface area contributed by atoms with Crippen molar-refractivity contribution in [2.45, 2.75) is 46.4 Å². The highest BCUT2D eigenvalue weighted by Crippen LogP contribution is 2.36. The van der Waals surface area contributed by atoms with E-state index >= 15 is 0 Å². The molecule has 0 aliphatic carbocycles. The number of methoxy groups -OCH3 is 1. The van der Waals surface area contributed by atoms with Gasteiger partial charge in [0.2, 0.25) is 0 Å². The Bertz CT molecular complexity index is 1890. The third kappa shape index (κ3) is 6.74. The standard InChI is InChI=1S/C34H33ClN2O6S/c1-6-41-33(39)30-21(4)36-34-37(31(30)24-12-15-27(43-20(2)3)28(18-24)40-5)32(38)29(44-34)17-22-10-13-26(14-11-22)42-19-23-8-7-9-25(35)16-23/h7-18,20,31H,6,19H2,1-5H3/b29-17+/t31-/m1/s1. The number of fused-ring (bicyclic) bond motifs is 1. The number of benzene rings is 3. The molecule has 0 fully saturated rings. The Morgan fingerprint density at radius 3 is 2.55 bits per heavy atom. The average Bonchev–Trinajstić information content (AvgIpc) is 3.30. The quantitative estimate of drug-likeness (QED) is 0.205. The van der Waals surface area contributed by atoms with E-state index in [1.807, 2.05) is 74.5 Å². The summed E-state index contributed by atoms with van der Waals surface area (Å²) in [5.74, 6) is 1.23. The number of esters is 1. The van der Waals surface area contributed by atoms with Crippen LogP contribution in [0.5, 0.6) is 17.2 Å². The van der Waals surface area contributed by atoms with E-state index in [1.54, 1.807) is 37.7 Å². The zero-order valence-corrected chi connectivity index (χ0v) is 26.7. The van der Waals surface area contributed by atoms with E-state index in [0.717, 1.165) is 11.1 Å². The van der Waals surface area contributed by atoms with E-state index in [1.165, 1.54) is 11.3 Å². The van der Waals surface area contributed by atoms with Gasteiger partial charge < -0.3 is 18.9 Å².